The van der Waals surface area contributed by atoms with E-state index in [-0.39, 0.29) is 24.5 Å². The van der Waals surface area contributed by atoms with Gasteiger partial charge < -0.3 is 14.9 Å². The molecule has 0 aromatic heterocycles. The highest BCUT2D eigenvalue weighted by molar-refractivity contribution is 7.92. The van der Waals surface area contributed by atoms with Crippen molar-refractivity contribution in [1.82, 2.24) is 0 Å². The van der Waals surface area contributed by atoms with E-state index < -0.39 is 20.7 Å². The molecule has 9 unspecified atom stereocenters. The largest absolute Gasteiger partial charge is 0.393 e. The van der Waals surface area contributed by atoms with Crippen LogP contribution in [0.1, 0.15) is 77.6 Å². The molecule has 37 heavy (non-hydrogen) atoms. The molecule has 2 N–H and O–H groups in total. The van der Waals surface area contributed by atoms with E-state index in [1.165, 1.54) is 24.8 Å². The average molecular weight is 529 g/mol. The monoisotopic (exact) mass is 528 g/mol. The lowest BCUT2D eigenvalue weighted by atomic mass is 9.51. The van der Waals surface area contributed by atoms with Crippen molar-refractivity contribution < 1.29 is 23.4 Å². The van der Waals surface area contributed by atoms with Gasteiger partial charge in [-0.1, -0.05) is 36.8 Å². The third-order valence-electron chi connectivity index (χ3n) is 11.4. The number of sulfone groups is 1. The molecule has 0 radical (unpaired) electrons. The smallest absolute Gasteiger partial charge is 0.181 e. The summed E-state index contributed by atoms with van der Waals surface area (Å²) in [6.45, 7) is 3.18. The number of fused-ring (bicyclic) bond motifs is 5. The molecule has 9 atom stereocenters. The van der Waals surface area contributed by atoms with Crippen LogP contribution in [0, 0.1) is 35.0 Å². The van der Waals surface area contributed by atoms with Crippen LogP contribution in [0.5, 0.6) is 0 Å². The van der Waals surface area contributed by atoms with Crippen molar-refractivity contribution in [3.63, 3.8) is 0 Å². The molecule has 5 nitrogen and oxygen atoms in total. The predicted octanol–water partition coefficient (Wildman–Crippen LogP) is 5.31. The summed E-state index contributed by atoms with van der Waals surface area (Å²) in [5.74, 6) is 3.05. The van der Waals surface area contributed by atoms with Gasteiger partial charge >= 0.3 is 0 Å². The van der Waals surface area contributed by atoms with Gasteiger partial charge in [-0.2, -0.15) is 0 Å². The van der Waals surface area contributed by atoms with Gasteiger partial charge in [-0.25, -0.2) is 8.42 Å². The second-order valence-electron chi connectivity index (χ2n) is 13.3. The Morgan fingerprint density at radius 3 is 2.62 bits per heavy atom. The minimum absolute atomic E-state index is 0.153. The van der Waals surface area contributed by atoms with E-state index in [9.17, 15) is 18.6 Å². The minimum Gasteiger partial charge on any atom is -0.393 e. The summed E-state index contributed by atoms with van der Waals surface area (Å²) >= 11 is 0. The molecule has 0 amide bonds. The number of rotatable bonds is 6. The maximum absolute atomic E-state index is 13.9. The Morgan fingerprint density at radius 2 is 1.86 bits per heavy atom. The first-order chi connectivity index (χ1) is 17.7. The van der Waals surface area contributed by atoms with E-state index in [2.05, 4.69) is 13.0 Å². The van der Waals surface area contributed by atoms with E-state index in [1.807, 2.05) is 6.07 Å². The summed E-state index contributed by atoms with van der Waals surface area (Å²) in [7, 11) is -3.57. The molecule has 5 aliphatic rings. The number of aliphatic hydroxyl groups is 2. The molecule has 6 heteroatoms. The Balaban J connectivity index is 1.25. The first kappa shape index (κ1) is 26.0. The zero-order valence-corrected chi connectivity index (χ0v) is 23.0. The van der Waals surface area contributed by atoms with Crippen molar-refractivity contribution in [3.05, 3.63) is 42.0 Å². The third-order valence-corrected chi connectivity index (χ3v) is 13.5. The Morgan fingerprint density at radius 1 is 1.05 bits per heavy atom. The van der Waals surface area contributed by atoms with Crippen molar-refractivity contribution in [2.24, 2.45) is 35.0 Å². The molecule has 1 aliphatic heterocycles. The van der Waals surface area contributed by atoms with Gasteiger partial charge in [0.15, 0.2) is 9.84 Å². The lowest BCUT2D eigenvalue weighted by Crippen LogP contribution is -2.47. The molecule has 0 spiro atoms. The molecule has 1 aromatic rings. The summed E-state index contributed by atoms with van der Waals surface area (Å²) in [5, 5.41) is 20.8. The summed E-state index contributed by atoms with van der Waals surface area (Å²) < 4.78 is 33.4. The zero-order chi connectivity index (χ0) is 25.8. The molecule has 6 rings (SSSR count). The van der Waals surface area contributed by atoms with Crippen LogP contribution in [0.2, 0.25) is 0 Å². The van der Waals surface area contributed by atoms with E-state index in [0.29, 0.717) is 48.0 Å². The quantitative estimate of drug-likeness (QED) is 0.489. The van der Waals surface area contributed by atoms with Crippen molar-refractivity contribution in [2.75, 3.05) is 13.2 Å². The summed E-state index contributed by atoms with van der Waals surface area (Å²) in [6, 6.07) is 8.84. The van der Waals surface area contributed by atoms with E-state index in [0.717, 1.165) is 38.0 Å². The molecule has 3 saturated carbocycles. The van der Waals surface area contributed by atoms with Crippen LogP contribution in [0.4, 0.5) is 0 Å². The molecular formula is C31H44O5S. The van der Waals surface area contributed by atoms with Gasteiger partial charge in [-0.3, -0.25) is 0 Å². The van der Waals surface area contributed by atoms with Crippen LogP contribution in [-0.4, -0.2) is 48.8 Å². The molecule has 204 valence electrons. The highest BCUT2D eigenvalue weighted by atomic mass is 32.2. The van der Waals surface area contributed by atoms with Gasteiger partial charge in [-0.15, -0.1) is 0 Å². The number of aliphatic hydroxyl groups excluding tert-OH is 1. The number of allylic oxidation sites excluding steroid dienone is 1. The van der Waals surface area contributed by atoms with E-state index in [1.54, 1.807) is 24.3 Å². The van der Waals surface area contributed by atoms with E-state index in [4.69, 9.17) is 4.74 Å². The highest BCUT2D eigenvalue weighted by Crippen LogP contribution is 2.64. The van der Waals surface area contributed by atoms with Gasteiger partial charge in [0.05, 0.1) is 28.5 Å². The van der Waals surface area contributed by atoms with Crippen LogP contribution >= 0.6 is 0 Å². The predicted molar refractivity (Wildman–Crippen MR) is 144 cm³/mol. The van der Waals surface area contributed by atoms with Crippen molar-refractivity contribution in [1.29, 1.82) is 0 Å². The summed E-state index contributed by atoms with van der Waals surface area (Å²) in [4.78, 5) is 0.371. The number of hydrogen-bond acceptors (Lipinski definition) is 5. The highest BCUT2D eigenvalue weighted by Gasteiger charge is 2.56. The molecule has 4 aliphatic carbocycles. The maximum atomic E-state index is 13.9. The van der Waals surface area contributed by atoms with Crippen LogP contribution in [0.25, 0.3) is 0 Å². The second kappa shape index (κ2) is 9.76. The Bertz CT molecular complexity index is 1110. The van der Waals surface area contributed by atoms with Crippen LogP contribution in [0.15, 0.2) is 46.9 Å². The van der Waals surface area contributed by atoms with Crippen molar-refractivity contribution in [3.8, 4) is 0 Å². The fourth-order valence-electron chi connectivity index (χ4n) is 9.37. The Kier molecular flexibility index (Phi) is 6.87. The van der Waals surface area contributed by atoms with Crippen LogP contribution in [-0.2, 0) is 14.6 Å². The minimum atomic E-state index is -3.57. The van der Waals surface area contributed by atoms with Gasteiger partial charge in [0, 0.05) is 13.0 Å². The standard InChI is InChI=1S/C31H44O5S/c1-30-14-13-27-26-11-9-23(32)17-21(26)7-10-28(27)29(30)12-8-22(30)18-25(19-31(33)15-16-36-20-31)37(34,35)24-5-3-2-4-6-24/h2-7,22-23,25-29,32-33H,8-20H2,1H3. The van der Waals surface area contributed by atoms with E-state index >= 15 is 0 Å². The molecule has 1 saturated heterocycles. The fourth-order valence-corrected chi connectivity index (χ4v) is 11.3. The van der Waals surface area contributed by atoms with Crippen molar-refractivity contribution in [2.45, 2.75) is 99.4 Å². The molecule has 1 heterocycles. The topological polar surface area (TPSA) is 83.8 Å². The van der Waals surface area contributed by atoms with Crippen LogP contribution < -0.4 is 0 Å². The average Bonchev–Trinajstić information content (AvgIpc) is 3.46. The fraction of sp³-hybridized carbons (Fsp3) is 0.742. The first-order valence-electron chi connectivity index (χ1n) is 14.7. The molecule has 1 aromatic carbocycles. The summed E-state index contributed by atoms with van der Waals surface area (Å²) in [5.41, 5.74) is 0.610. The number of ether oxygens (including phenoxy) is 1. The van der Waals surface area contributed by atoms with Gasteiger partial charge in [-0.05, 0) is 111 Å². The lowest BCUT2D eigenvalue weighted by molar-refractivity contribution is -0.0225. The van der Waals surface area contributed by atoms with Gasteiger partial charge in [0.1, 0.15) is 0 Å². The number of hydrogen-bond donors (Lipinski definition) is 2. The number of benzene rings is 1. The Hall–Kier alpha value is -1.21. The first-order valence-corrected chi connectivity index (χ1v) is 16.2. The SMILES string of the molecule is CC12CCC3C4CCC(O)CC4=CCC3C1CCC2CC(CC1(O)CCOC1)S(=O)(=O)c1ccccc1. The summed E-state index contributed by atoms with van der Waals surface area (Å²) in [6.07, 6.45) is 12.4. The normalized spacial score (nSPS) is 42.4. The second-order valence-corrected chi connectivity index (χ2v) is 15.5. The zero-order valence-electron chi connectivity index (χ0n) is 22.2. The molecule has 0 bridgehead atoms. The van der Waals surface area contributed by atoms with Gasteiger partial charge in [0.2, 0.25) is 0 Å². The van der Waals surface area contributed by atoms with Gasteiger partial charge in [0.25, 0.3) is 0 Å². The van der Waals surface area contributed by atoms with Crippen molar-refractivity contribution >= 4 is 9.84 Å². The molecular weight excluding hydrogens is 484 g/mol. The Labute approximate surface area is 222 Å². The maximum Gasteiger partial charge on any atom is 0.181 e. The molecule has 4 fully saturated rings. The third kappa shape index (κ3) is 4.64. The van der Waals surface area contributed by atoms with Crippen LogP contribution in [0.3, 0.4) is 0 Å². The lowest BCUT2D eigenvalue weighted by Gasteiger charge is -2.54.